The molecule has 0 bridgehead atoms. The Hall–Kier alpha value is -1.55. The van der Waals surface area contributed by atoms with E-state index in [9.17, 15) is 4.79 Å². The van der Waals surface area contributed by atoms with Crippen LogP contribution in [0.25, 0.3) is 0 Å². The van der Waals surface area contributed by atoms with Crippen molar-refractivity contribution in [1.29, 1.82) is 0 Å². The first-order valence-corrected chi connectivity index (χ1v) is 7.06. The number of benzene rings is 1. The number of rotatable bonds is 6. The molecule has 0 aliphatic carbocycles. The van der Waals surface area contributed by atoms with E-state index in [1.807, 2.05) is 45.0 Å². The van der Waals surface area contributed by atoms with Crippen LogP contribution in [0.5, 0.6) is 5.75 Å². The lowest BCUT2D eigenvalue weighted by Gasteiger charge is -2.16. The predicted octanol–water partition coefficient (Wildman–Crippen LogP) is 3.04. The molecular formula is C16H22O4. The predicted molar refractivity (Wildman–Crippen MR) is 75.7 cm³/mol. The Morgan fingerprint density at radius 2 is 1.90 bits per heavy atom. The zero-order chi connectivity index (χ0) is 14.8. The highest BCUT2D eigenvalue weighted by Crippen LogP contribution is 2.58. The van der Waals surface area contributed by atoms with Crippen LogP contribution >= 0.6 is 0 Å². The van der Waals surface area contributed by atoms with Gasteiger partial charge in [-0.1, -0.05) is 25.5 Å². The number of esters is 1. The van der Waals surface area contributed by atoms with E-state index in [-0.39, 0.29) is 5.97 Å². The first-order valence-electron chi connectivity index (χ1n) is 7.06. The number of hydrogen-bond acceptors (Lipinski definition) is 4. The molecular weight excluding hydrogens is 256 g/mol. The molecule has 2 rings (SSSR count). The fourth-order valence-corrected chi connectivity index (χ4v) is 2.75. The monoisotopic (exact) mass is 278 g/mol. The molecule has 0 aromatic heterocycles. The van der Waals surface area contributed by atoms with Gasteiger partial charge < -0.3 is 14.2 Å². The second-order valence-electron chi connectivity index (χ2n) is 5.16. The number of hydrogen-bond donors (Lipinski definition) is 0. The van der Waals surface area contributed by atoms with Crippen molar-refractivity contribution in [2.75, 3.05) is 13.7 Å². The molecule has 1 aliphatic heterocycles. The summed E-state index contributed by atoms with van der Waals surface area (Å²) in [5.41, 5.74) is -0.478. The summed E-state index contributed by atoms with van der Waals surface area (Å²) in [5.74, 6) is 0.524. The van der Waals surface area contributed by atoms with Crippen LogP contribution in [0.1, 0.15) is 39.2 Å². The summed E-state index contributed by atoms with van der Waals surface area (Å²) in [5, 5.41) is 0. The van der Waals surface area contributed by atoms with Gasteiger partial charge in [0.2, 0.25) is 0 Å². The van der Waals surface area contributed by atoms with Gasteiger partial charge in [-0.2, -0.15) is 0 Å². The summed E-state index contributed by atoms with van der Waals surface area (Å²) in [6.07, 6.45) is 1.53. The fraction of sp³-hybridized carbons (Fsp3) is 0.562. The Kier molecular flexibility index (Phi) is 4.04. The number of carbonyl (C=O) groups excluding carboxylic acids is 1. The van der Waals surface area contributed by atoms with Crippen LogP contribution in [0.2, 0.25) is 0 Å². The molecule has 1 aromatic carbocycles. The Morgan fingerprint density at radius 3 is 2.40 bits per heavy atom. The summed E-state index contributed by atoms with van der Waals surface area (Å²) in [6.45, 7) is 6.16. The molecule has 0 saturated carbocycles. The lowest BCUT2D eigenvalue weighted by molar-refractivity contribution is -0.149. The smallest absolute Gasteiger partial charge is 0.341 e. The second-order valence-corrected chi connectivity index (χ2v) is 5.16. The molecule has 1 aliphatic rings. The molecule has 2 atom stereocenters. The Bertz CT molecular complexity index is 482. The largest absolute Gasteiger partial charge is 0.497 e. The third kappa shape index (κ3) is 2.18. The quantitative estimate of drug-likeness (QED) is 0.593. The van der Waals surface area contributed by atoms with Gasteiger partial charge in [0.25, 0.3) is 0 Å². The Balaban J connectivity index is 2.27. The van der Waals surface area contributed by atoms with Crippen LogP contribution in [0.15, 0.2) is 24.3 Å². The number of ether oxygens (including phenoxy) is 3. The molecule has 4 heteroatoms. The summed E-state index contributed by atoms with van der Waals surface area (Å²) < 4.78 is 16.2. The van der Waals surface area contributed by atoms with Crippen molar-refractivity contribution < 1.29 is 19.0 Å². The van der Waals surface area contributed by atoms with E-state index in [1.54, 1.807) is 7.11 Å². The third-order valence-corrected chi connectivity index (χ3v) is 3.96. The van der Waals surface area contributed by atoms with E-state index in [0.717, 1.165) is 17.7 Å². The van der Waals surface area contributed by atoms with Crippen molar-refractivity contribution in [3.8, 4) is 5.75 Å². The van der Waals surface area contributed by atoms with Gasteiger partial charge in [0.1, 0.15) is 11.4 Å². The minimum Gasteiger partial charge on any atom is -0.497 e. The van der Waals surface area contributed by atoms with Gasteiger partial charge in [0.05, 0.1) is 13.7 Å². The molecule has 4 nitrogen and oxygen atoms in total. The van der Waals surface area contributed by atoms with E-state index >= 15 is 0 Å². The van der Waals surface area contributed by atoms with E-state index in [4.69, 9.17) is 14.2 Å². The normalized spacial score (nSPS) is 28.0. The van der Waals surface area contributed by atoms with Gasteiger partial charge in [0.15, 0.2) is 5.60 Å². The summed E-state index contributed by atoms with van der Waals surface area (Å²) in [6, 6.07) is 7.64. The zero-order valence-electron chi connectivity index (χ0n) is 12.6. The maximum atomic E-state index is 12.3. The van der Waals surface area contributed by atoms with Crippen LogP contribution in [0, 0.1) is 0 Å². The average molecular weight is 278 g/mol. The first-order chi connectivity index (χ1) is 9.54. The maximum absolute atomic E-state index is 12.3. The van der Waals surface area contributed by atoms with E-state index in [2.05, 4.69) is 0 Å². The maximum Gasteiger partial charge on any atom is 0.341 e. The zero-order valence-corrected chi connectivity index (χ0v) is 12.6. The summed E-state index contributed by atoms with van der Waals surface area (Å²) >= 11 is 0. The lowest BCUT2D eigenvalue weighted by Crippen LogP contribution is -2.33. The van der Waals surface area contributed by atoms with E-state index in [1.165, 1.54) is 0 Å². The number of carbonyl (C=O) groups is 1. The number of methoxy groups -OCH3 is 1. The molecule has 1 heterocycles. The van der Waals surface area contributed by atoms with E-state index < -0.39 is 11.2 Å². The van der Waals surface area contributed by atoms with Gasteiger partial charge in [-0.15, -0.1) is 0 Å². The van der Waals surface area contributed by atoms with Crippen LogP contribution in [0.4, 0.5) is 0 Å². The Labute approximate surface area is 120 Å². The van der Waals surface area contributed by atoms with Gasteiger partial charge in [0, 0.05) is 0 Å². The standard InChI is InChI=1S/C16H22O4/c1-5-11-16(14(17)19-6-2)15(3,20-16)12-7-9-13(18-4)10-8-12/h7-10H,5-6,11H2,1-4H3. The highest BCUT2D eigenvalue weighted by atomic mass is 16.7. The molecule has 0 spiro atoms. The Morgan fingerprint density at radius 1 is 1.25 bits per heavy atom. The summed E-state index contributed by atoms with van der Waals surface area (Å²) in [4.78, 5) is 12.3. The van der Waals surface area contributed by atoms with Crippen molar-refractivity contribution in [3.63, 3.8) is 0 Å². The molecule has 1 saturated heterocycles. The average Bonchev–Trinajstić information content (AvgIpc) is 3.07. The molecule has 110 valence electrons. The van der Waals surface area contributed by atoms with Gasteiger partial charge in [-0.25, -0.2) is 4.79 Å². The number of epoxide rings is 1. The van der Waals surface area contributed by atoms with Crippen LogP contribution in [-0.4, -0.2) is 25.3 Å². The van der Waals surface area contributed by atoms with Crippen molar-refractivity contribution in [2.24, 2.45) is 0 Å². The first kappa shape index (κ1) is 14.9. The van der Waals surface area contributed by atoms with Crippen molar-refractivity contribution in [2.45, 2.75) is 44.8 Å². The van der Waals surface area contributed by atoms with Gasteiger partial charge in [-0.05, 0) is 38.0 Å². The van der Waals surface area contributed by atoms with Gasteiger partial charge in [-0.3, -0.25) is 0 Å². The molecule has 1 fully saturated rings. The van der Waals surface area contributed by atoms with Crippen LogP contribution in [-0.2, 0) is 19.9 Å². The summed E-state index contributed by atoms with van der Waals surface area (Å²) in [7, 11) is 1.63. The molecule has 0 N–H and O–H groups in total. The molecule has 2 unspecified atom stereocenters. The highest BCUT2D eigenvalue weighted by molar-refractivity contribution is 5.85. The lowest BCUT2D eigenvalue weighted by atomic mass is 9.84. The third-order valence-electron chi connectivity index (χ3n) is 3.96. The molecule has 0 amide bonds. The SMILES string of the molecule is CCCC1(C(=O)OCC)OC1(C)c1ccc(OC)cc1. The molecule has 1 aromatic rings. The minimum atomic E-state index is -0.841. The van der Waals surface area contributed by atoms with Crippen molar-refractivity contribution in [1.82, 2.24) is 0 Å². The van der Waals surface area contributed by atoms with E-state index in [0.29, 0.717) is 13.0 Å². The molecule has 0 radical (unpaired) electrons. The second kappa shape index (κ2) is 5.44. The van der Waals surface area contributed by atoms with Gasteiger partial charge >= 0.3 is 5.97 Å². The van der Waals surface area contributed by atoms with Crippen LogP contribution in [0.3, 0.4) is 0 Å². The van der Waals surface area contributed by atoms with Crippen molar-refractivity contribution in [3.05, 3.63) is 29.8 Å². The fourth-order valence-electron chi connectivity index (χ4n) is 2.75. The van der Waals surface area contributed by atoms with Crippen molar-refractivity contribution >= 4 is 5.97 Å². The topological polar surface area (TPSA) is 48.1 Å². The minimum absolute atomic E-state index is 0.264. The molecule has 20 heavy (non-hydrogen) atoms. The van der Waals surface area contributed by atoms with Crippen LogP contribution < -0.4 is 4.74 Å². The highest BCUT2D eigenvalue weighted by Gasteiger charge is 2.73.